The van der Waals surface area contributed by atoms with Gasteiger partial charge in [0.05, 0.1) is 35.7 Å². The van der Waals surface area contributed by atoms with E-state index in [1.807, 2.05) is 53.4 Å². The number of aliphatic hydroxyl groups is 2. The molecule has 12 nitrogen and oxygen atoms in total. The summed E-state index contributed by atoms with van der Waals surface area (Å²) in [6.07, 6.45) is 0. The second-order valence-corrected chi connectivity index (χ2v) is 9.90. The monoisotopic (exact) mass is 621 g/mol. The van der Waals surface area contributed by atoms with Crippen LogP contribution in [0.1, 0.15) is 15.9 Å². The number of fused-ring (bicyclic) bond motifs is 3. The molecule has 228 valence electrons. The number of benzene rings is 2. The van der Waals surface area contributed by atoms with Crippen molar-refractivity contribution < 1.29 is 24.5 Å². The Morgan fingerprint density at radius 3 is 2.36 bits per heavy atom. The van der Waals surface area contributed by atoms with E-state index in [0.717, 1.165) is 31.7 Å². The molecule has 14 heteroatoms. The maximum Gasteiger partial charge on any atom is 0.333 e. The summed E-state index contributed by atoms with van der Waals surface area (Å²) in [6, 6.07) is 12.3. The first-order valence-electron chi connectivity index (χ1n) is 13.4. The van der Waals surface area contributed by atoms with Crippen LogP contribution in [-0.4, -0.2) is 120 Å². The zero-order valence-electron chi connectivity index (χ0n) is 23.3. The average molecular weight is 623 g/mol. The number of piperazine rings is 1. The van der Waals surface area contributed by atoms with Gasteiger partial charge in [0.1, 0.15) is 18.1 Å². The van der Waals surface area contributed by atoms with Gasteiger partial charge in [-0.25, -0.2) is 9.80 Å². The van der Waals surface area contributed by atoms with E-state index < -0.39 is 0 Å². The van der Waals surface area contributed by atoms with Crippen LogP contribution in [0.2, 0.25) is 0 Å². The molecule has 2 amide bonds. The first-order valence-corrected chi connectivity index (χ1v) is 13.4. The van der Waals surface area contributed by atoms with Crippen molar-refractivity contribution in [2.75, 3.05) is 78.0 Å². The van der Waals surface area contributed by atoms with Crippen molar-refractivity contribution in [3.05, 3.63) is 53.6 Å². The van der Waals surface area contributed by atoms with Gasteiger partial charge in [0, 0.05) is 56.9 Å². The van der Waals surface area contributed by atoms with Gasteiger partial charge in [-0.3, -0.25) is 20.2 Å². The molecular formula is C28H37Cl2N7O5. The molecule has 2 aromatic carbocycles. The fourth-order valence-electron chi connectivity index (χ4n) is 5.03. The van der Waals surface area contributed by atoms with Crippen molar-refractivity contribution >= 4 is 42.3 Å². The number of amides is 2. The fraction of sp³-hybridized carbons (Fsp3) is 0.393. The number of likely N-dealkylation sites (N-methyl/N-ethyl adjacent to an activating group) is 1. The molecule has 42 heavy (non-hydrogen) atoms. The molecule has 1 aliphatic heterocycles. The lowest BCUT2D eigenvalue weighted by Gasteiger charge is -2.32. The van der Waals surface area contributed by atoms with Gasteiger partial charge in [0.25, 0.3) is 0 Å². The number of aromatic nitrogens is 2. The number of hydrogen-bond donors (Lipinski definition) is 5. The molecule has 5 rings (SSSR count). The van der Waals surface area contributed by atoms with Gasteiger partial charge in [-0.1, -0.05) is 12.1 Å². The molecule has 0 radical (unpaired) electrons. The predicted molar refractivity (Wildman–Crippen MR) is 165 cm³/mol. The van der Waals surface area contributed by atoms with Gasteiger partial charge in [-0.05, 0) is 37.4 Å². The Balaban J connectivity index is 0.00000242. The van der Waals surface area contributed by atoms with Crippen LogP contribution in [0.25, 0.3) is 22.5 Å². The number of halogens is 2. The Kier molecular flexibility index (Phi) is 12.1. The summed E-state index contributed by atoms with van der Waals surface area (Å²) in [5.74, 6) is 0.466. The molecule has 5 N–H and O–H groups in total. The molecule has 1 aliphatic carbocycles. The summed E-state index contributed by atoms with van der Waals surface area (Å²) in [4.78, 5) is 30.5. The predicted octanol–water partition coefficient (Wildman–Crippen LogP) is 2.08. The number of aliphatic hydroxyl groups excluding tert-OH is 2. The van der Waals surface area contributed by atoms with E-state index in [2.05, 4.69) is 25.8 Å². The Labute approximate surface area is 256 Å². The Bertz CT molecular complexity index is 1340. The van der Waals surface area contributed by atoms with E-state index in [4.69, 9.17) is 14.9 Å². The van der Waals surface area contributed by atoms with Crippen molar-refractivity contribution in [3.63, 3.8) is 0 Å². The van der Waals surface area contributed by atoms with E-state index in [0.29, 0.717) is 65.8 Å². The summed E-state index contributed by atoms with van der Waals surface area (Å²) in [5, 5.41) is 30.5. The van der Waals surface area contributed by atoms with Crippen LogP contribution in [0, 0.1) is 0 Å². The number of hydrazine groups is 1. The summed E-state index contributed by atoms with van der Waals surface area (Å²) < 4.78 is 5.83. The van der Waals surface area contributed by atoms with Crippen LogP contribution in [0.5, 0.6) is 5.75 Å². The third-order valence-electron chi connectivity index (χ3n) is 7.20. The highest BCUT2D eigenvalue weighted by atomic mass is 35.5. The third kappa shape index (κ3) is 7.39. The number of H-pyrrole nitrogens is 1. The van der Waals surface area contributed by atoms with E-state index in [1.54, 1.807) is 6.07 Å². The number of ether oxygens (including phenoxy) is 1. The Morgan fingerprint density at radius 1 is 1.00 bits per heavy atom. The molecular weight excluding hydrogens is 585 g/mol. The standard InChI is InChI=1S/C28H35N7O5.2ClH/c1-33-9-11-35(12-10-33)32-28(39)29-22-4-2-3-21-23(22)27(38)24-25(30-31-26(21)24)19-5-7-20(8-6-19)40-18-15-34(13-16-36)14-17-37;;/h2-8,36-37H,9-18H2,1H3,(H,30,31)(H2,29,32,39);2*1H. The number of hydrogen-bond acceptors (Lipinski definition) is 9. The van der Waals surface area contributed by atoms with Crippen molar-refractivity contribution in [1.29, 1.82) is 0 Å². The molecule has 0 spiro atoms. The molecule has 2 heterocycles. The largest absolute Gasteiger partial charge is 0.492 e. The van der Waals surface area contributed by atoms with E-state index >= 15 is 0 Å². The lowest BCUT2D eigenvalue weighted by Crippen LogP contribution is -2.53. The summed E-state index contributed by atoms with van der Waals surface area (Å²) in [5.41, 5.74) is 6.86. The van der Waals surface area contributed by atoms with Crippen LogP contribution in [0.3, 0.4) is 0 Å². The first-order chi connectivity index (χ1) is 19.5. The molecule has 0 bridgehead atoms. The minimum atomic E-state index is -0.383. The van der Waals surface area contributed by atoms with Crippen molar-refractivity contribution in [2.24, 2.45) is 0 Å². The van der Waals surface area contributed by atoms with Gasteiger partial charge in [0.15, 0.2) is 5.78 Å². The number of carbonyl (C=O) groups is 2. The van der Waals surface area contributed by atoms with Crippen LogP contribution in [0.4, 0.5) is 10.5 Å². The highest BCUT2D eigenvalue weighted by molar-refractivity contribution is 6.26. The van der Waals surface area contributed by atoms with Gasteiger partial charge in [-0.2, -0.15) is 5.10 Å². The lowest BCUT2D eigenvalue weighted by molar-refractivity contribution is 0.104. The van der Waals surface area contributed by atoms with E-state index in [1.165, 1.54) is 0 Å². The Hall–Kier alpha value is -3.23. The highest BCUT2D eigenvalue weighted by Gasteiger charge is 2.35. The number of aromatic amines is 1. The number of ketones is 1. The van der Waals surface area contributed by atoms with Crippen LogP contribution >= 0.6 is 24.8 Å². The molecule has 1 aromatic heterocycles. The SMILES string of the molecule is CN1CCN(NC(=O)Nc2cccc3c2C(=O)c2c(-c4ccc(OCCN(CCO)CCO)cc4)n[nH]c2-3)CC1.Cl.Cl. The number of urea groups is 1. The molecule has 2 aliphatic rings. The van der Waals surface area contributed by atoms with Gasteiger partial charge in [-0.15, -0.1) is 24.8 Å². The molecule has 0 saturated carbocycles. The topological polar surface area (TPSA) is 146 Å². The molecule has 0 unspecified atom stereocenters. The second-order valence-electron chi connectivity index (χ2n) is 9.90. The van der Waals surface area contributed by atoms with Crippen molar-refractivity contribution in [2.45, 2.75) is 0 Å². The smallest absolute Gasteiger partial charge is 0.333 e. The first kappa shape index (κ1) is 33.3. The van der Waals surface area contributed by atoms with Gasteiger partial charge < -0.3 is 25.2 Å². The zero-order chi connectivity index (χ0) is 28.1. The van der Waals surface area contributed by atoms with Crippen molar-refractivity contribution in [3.8, 4) is 28.3 Å². The van der Waals surface area contributed by atoms with E-state index in [-0.39, 0.29) is 49.8 Å². The minimum Gasteiger partial charge on any atom is -0.492 e. The highest BCUT2D eigenvalue weighted by Crippen LogP contribution is 2.43. The number of anilines is 1. The molecule has 1 fully saturated rings. The molecule has 3 aromatic rings. The van der Waals surface area contributed by atoms with Crippen LogP contribution in [-0.2, 0) is 0 Å². The quantitative estimate of drug-likeness (QED) is 0.170. The van der Waals surface area contributed by atoms with Crippen molar-refractivity contribution in [1.82, 2.24) is 30.4 Å². The maximum absolute atomic E-state index is 13.6. The lowest BCUT2D eigenvalue weighted by atomic mass is 10.0. The normalized spacial score (nSPS) is 14.5. The summed E-state index contributed by atoms with van der Waals surface area (Å²) in [6.45, 7) is 5.16. The third-order valence-corrected chi connectivity index (χ3v) is 7.20. The number of carbonyl (C=O) groups excluding carboxylic acids is 2. The number of nitrogens with one attached hydrogen (secondary N) is 3. The van der Waals surface area contributed by atoms with E-state index in [9.17, 15) is 9.59 Å². The minimum absolute atomic E-state index is 0. The molecule has 1 saturated heterocycles. The van der Waals surface area contributed by atoms with Crippen LogP contribution < -0.4 is 15.5 Å². The van der Waals surface area contributed by atoms with Gasteiger partial charge >= 0.3 is 6.03 Å². The van der Waals surface area contributed by atoms with Gasteiger partial charge in [0.2, 0.25) is 0 Å². The number of nitrogens with zero attached hydrogens (tertiary/aromatic N) is 4. The summed E-state index contributed by atoms with van der Waals surface area (Å²) in [7, 11) is 2.05. The Morgan fingerprint density at radius 2 is 1.69 bits per heavy atom. The zero-order valence-corrected chi connectivity index (χ0v) is 25.0. The summed E-state index contributed by atoms with van der Waals surface area (Å²) >= 11 is 0. The van der Waals surface area contributed by atoms with Crippen LogP contribution in [0.15, 0.2) is 42.5 Å². The average Bonchev–Trinajstić information content (AvgIpc) is 3.51. The fourth-order valence-corrected chi connectivity index (χ4v) is 5.03. The maximum atomic E-state index is 13.6. The second kappa shape index (κ2) is 15.3. The molecule has 0 atom stereocenters. The number of rotatable bonds is 11.